The summed E-state index contributed by atoms with van der Waals surface area (Å²) in [4.78, 5) is 2.61. The van der Waals surface area contributed by atoms with Gasteiger partial charge in [-0.25, -0.2) is 0 Å². The maximum absolute atomic E-state index is 3.64. The first kappa shape index (κ1) is 14.3. The predicted octanol–water partition coefficient (Wildman–Crippen LogP) is 3.28. The Balaban J connectivity index is 1.69. The first-order valence-electron chi connectivity index (χ1n) is 8.12. The smallest absolute Gasteiger partial charge is 0.00953 e. The van der Waals surface area contributed by atoms with Crippen LogP contribution in [0.4, 0.5) is 0 Å². The molecule has 2 rings (SSSR count). The van der Waals surface area contributed by atoms with E-state index in [0.29, 0.717) is 0 Å². The minimum absolute atomic E-state index is 0.825. The van der Waals surface area contributed by atoms with Gasteiger partial charge in [0.15, 0.2) is 0 Å². The van der Waals surface area contributed by atoms with Crippen molar-refractivity contribution < 1.29 is 0 Å². The number of likely N-dealkylation sites (tertiary alicyclic amines) is 1. The zero-order valence-corrected chi connectivity index (χ0v) is 12.6. The summed E-state index contributed by atoms with van der Waals surface area (Å²) >= 11 is 0. The zero-order valence-electron chi connectivity index (χ0n) is 12.6. The summed E-state index contributed by atoms with van der Waals surface area (Å²) < 4.78 is 0. The zero-order chi connectivity index (χ0) is 13.0. The molecule has 2 nitrogen and oxygen atoms in total. The van der Waals surface area contributed by atoms with Crippen LogP contribution in [0.15, 0.2) is 0 Å². The van der Waals surface area contributed by atoms with E-state index in [1.54, 1.807) is 0 Å². The lowest BCUT2D eigenvalue weighted by molar-refractivity contribution is 0.288. The Kier molecular flexibility index (Phi) is 5.50. The third-order valence-electron chi connectivity index (χ3n) is 4.98. The van der Waals surface area contributed by atoms with Crippen molar-refractivity contribution in [3.63, 3.8) is 0 Å². The molecule has 0 aliphatic carbocycles. The topological polar surface area (TPSA) is 15.3 Å². The maximum Gasteiger partial charge on any atom is 0.00953 e. The highest BCUT2D eigenvalue weighted by Gasteiger charge is 2.30. The molecule has 2 unspecified atom stereocenters. The molecule has 0 saturated carbocycles. The third-order valence-corrected chi connectivity index (χ3v) is 4.98. The van der Waals surface area contributed by atoms with Crippen LogP contribution >= 0.6 is 0 Å². The minimum atomic E-state index is 0.825. The Labute approximate surface area is 114 Å². The van der Waals surface area contributed by atoms with E-state index in [4.69, 9.17) is 0 Å². The molecule has 106 valence electrons. The second-order valence-electron chi connectivity index (χ2n) is 6.85. The lowest BCUT2D eigenvalue weighted by Gasteiger charge is -2.20. The molecule has 0 aromatic rings. The van der Waals surface area contributed by atoms with Gasteiger partial charge in [0.25, 0.3) is 0 Å². The molecule has 0 radical (unpaired) electrons. The third kappa shape index (κ3) is 3.96. The molecule has 1 N–H and O–H groups in total. The molecule has 2 heterocycles. The second kappa shape index (κ2) is 6.91. The standard InChI is InChI=1S/C16H32N2/c1-4-6-16-11-14(12-18(16)3)9-13(2)10-15-7-5-8-17-15/h13-17H,4-12H2,1-3H3/t13?,14?,15-,16+/m0/s1. The average Bonchev–Trinajstić information content (AvgIpc) is 2.90. The summed E-state index contributed by atoms with van der Waals surface area (Å²) in [6, 6.07) is 1.70. The largest absolute Gasteiger partial charge is 0.314 e. The van der Waals surface area contributed by atoms with E-state index in [1.165, 1.54) is 58.0 Å². The number of nitrogens with one attached hydrogen (secondary N) is 1. The molecule has 2 aliphatic rings. The van der Waals surface area contributed by atoms with E-state index in [-0.39, 0.29) is 0 Å². The molecular formula is C16H32N2. The van der Waals surface area contributed by atoms with Gasteiger partial charge in [0.1, 0.15) is 0 Å². The summed E-state index contributed by atoms with van der Waals surface area (Å²) in [5, 5.41) is 3.64. The van der Waals surface area contributed by atoms with Gasteiger partial charge >= 0.3 is 0 Å². The SMILES string of the molecule is CCC[C@@H]1CC(CC(C)C[C@@H]2CCCN2)CN1C. The van der Waals surface area contributed by atoms with E-state index in [1.807, 2.05) is 0 Å². The molecule has 0 spiro atoms. The van der Waals surface area contributed by atoms with Crippen molar-refractivity contribution in [1.29, 1.82) is 0 Å². The van der Waals surface area contributed by atoms with Crippen LogP contribution in [0.5, 0.6) is 0 Å². The van der Waals surface area contributed by atoms with Crippen LogP contribution in [0.3, 0.4) is 0 Å². The van der Waals surface area contributed by atoms with Crippen LogP contribution < -0.4 is 5.32 Å². The first-order valence-corrected chi connectivity index (χ1v) is 8.12. The molecule has 0 amide bonds. The Morgan fingerprint density at radius 3 is 2.83 bits per heavy atom. The highest BCUT2D eigenvalue weighted by Crippen LogP contribution is 2.31. The van der Waals surface area contributed by atoms with Crippen molar-refractivity contribution in [2.24, 2.45) is 11.8 Å². The van der Waals surface area contributed by atoms with Gasteiger partial charge < -0.3 is 10.2 Å². The van der Waals surface area contributed by atoms with Crippen molar-refractivity contribution in [3.8, 4) is 0 Å². The van der Waals surface area contributed by atoms with Crippen molar-refractivity contribution in [3.05, 3.63) is 0 Å². The summed E-state index contributed by atoms with van der Waals surface area (Å²) in [6.45, 7) is 7.37. The molecule has 18 heavy (non-hydrogen) atoms. The Morgan fingerprint density at radius 2 is 2.17 bits per heavy atom. The first-order chi connectivity index (χ1) is 8.69. The average molecular weight is 252 g/mol. The Bertz CT molecular complexity index is 235. The Hall–Kier alpha value is -0.0800. The van der Waals surface area contributed by atoms with Crippen molar-refractivity contribution in [2.45, 2.75) is 70.9 Å². The van der Waals surface area contributed by atoms with Crippen LogP contribution in [-0.4, -0.2) is 37.1 Å². The monoisotopic (exact) mass is 252 g/mol. The van der Waals surface area contributed by atoms with Gasteiger partial charge in [-0.05, 0) is 64.0 Å². The fourth-order valence-electron chi connectivity index (χ4n) is 4.15. The van der Waals surface area contributed by atoms with E-state index in [9.17, 15) is 0 Å². The van der Waals surface area contributed by atoms with Gasteiger partial charge in [-0.3, -0.25) is 0 Å². The van der Waals surface area contributed by atoms with Gasteiger partial charge in [-0.2, -0.15) is 0 Å². The Morgan fingerprint density at radius 1 is 1.33 bits per heavy atom. The normalized spacial score (nSPS) is 35.2. The molecular weight excluding hydrogens is 220 g/mol. The highest BCUT2D eigenvalue weighted by atomic mass is 15.2. The lowest BCUT2D eigenvalue weighted by atomic mass is 9.88. The van der Waals surface area contributed by atoms with Crippen LogP contribution in [-0.2, 0) is 0 Å². The summed E-state index contributed by atoms with van der Waals surface area (Å²) in [5.74, 6) is 1.86. The van der Waals surface area contributed by atoms with Gasteiger partial charge in [-0.1, -0.05) is 20.3 Å². The highest BCUT2D eigenvalue weighted by molar-refractivity contribution is 4.85. The summed E-state index contributed by atoms with van der Waals surface area (Å²) in [7, 11) is 2.32. The van der Waals surface area contributed by atoms with Crippen molar-refractivity contribution in [1.82, 2.24) is 10.2 Å². The maximum atomic E-state index is 3.64. The van der Waals surface area contributed by atoms with Gasteiger partial charge in [0, 0.05) is 18.6 Å². The van der Waals surface area contributed by atoms with Crippen LogP contribution in [0.1, 0.15) is 58.8 Å². The van der Waals surface area contributed by atoms with E-state index in [0.717, 1.165) is 23.9 Å². The number of hydrogen-bond acceptors (Lipinski definition) is 2. The fraction of sp³-hybridized carbons (Fsp3) is 1.00. The number of hydrogen-bond donors (Lipinski definition) is 1. The number of nitrogens with zero attached hydrogens (tertiary/aromatic N) is 1. The van der Waals surface area contributed by atoms with Crippen LogP contribution in [0, 0.1) is 11.8 Å². The lowest BCUT2D eigenvalue weighted by Crippen LogP contribution is -2.25. The van der Waals surface area contributed by atoms with Gasteiger partial charge in [0.2, 0.25) is 0 Å². The van der Waals surface area contributed by atoms with Gasteiger partial charge in [-0.15, -0.1) is 0 Å². The van der Waals surface area contributed by atoms with Crippen LogP contribution in [0.2, 0.25) is 0 Å². The van der Waals surface area contributed by atoms with E-state index >= 15 is 0 Å². The molecule has 0 aromatic heterocycles. The summed E-state index contributed by atoms with van der Waals surface area (Å²) in [5.41, 5.74) is 0. The predicted molar refractivity (Wildman–Crippen MR) is 78.9 cm³/mol. The molecule has 2 aliphatic heterocycles. The number of rotatable bonds is 6. The second-order valence-corrected chi connectivity index (χ2v) is 6.85. The van der Waals surface area contributed by atoms with Crippen molar-refractivity contribution in [2.75, 3.05) is 20.1 Å². The molecule has 4 atom stereocenters. The van der Waals surface area contributed by atoms with E-state index < -0.39 is 0 Å². The van der Waals surface area contributed by atoms with Crippen molar-refractivity contribution >= 4 is 0 Å². The molecule has 2 saturated heterocycles. The molecule has 2 heteroatoms. The molecule has 0 aromatic carbocycles. The fourth-order valence-corrected chi connectivity index (χ4v) is 4.15. The molecule has 0 bridgehead atoms. The molecule has 2 fully saturated rings. The van der Waals surface area contributed by atoms with E-state index in [2.05, 4.69) is 31.1 Å². The minimum Gasteiger partial charge on any atom is -0.314 e. The van der Waals surface area contributed by atoms with Gasteiger partial charge in [0.05, 0.1) is 0 Å². The van der Waals surface area contributed by atoms with Crippen LogP contribution in [0.25, 0.3) is 0 Å². The quantitative estimate of drug-likeness (QED) is 0.780. The summed E-state index contributed by atoms with van der Waals surface area (Å²) in [6.07, 6.45) is 9.83.